The van der Waals surface area contributed by atoms with E-state index in [4.69, 9.17) is 0 Å². The monoisotopic (exact) mass is 257 g/mol. The second kappa shape index (κ2) is 4.93. The third-order valence-corrected chi connectivity index (χ3v) is 3.68. The molecule has 0 spiro atoms. The molecule has 0 bridgehead atoms. The molecule has 0 radical (unpaired) electrons. The Balaban J connectivity index is 2.05. The van der Waals surface area contributed by atoms with Crippen molar-refractivity contribution in [2.75, 3.05) is 24.3 Å². The Labute approximate surface area is 114 Å². The highest BCUT2D eigenvalue weighted by molar-refractivity contribution is 5.98. The molecule has 1 aromatic rings. The summed E-state index contributed by atoms with van der Waals surface area (Å²) in [4.78, 5) is 14.2. The van der Waals surface area contributed by atoms with Crippen LogP contribution in [0.2, 0.25) is 0 Å². The first kappa shape index (κ1) is 13.4. The molecule has 0 atom stereocenters. The Morgan fingerprint density at radius 2 is 1.95 bits per heavy atom. The summed E-state index contributed by atoms with van der Waals surface area (Å²) in [5, 5.41) is 12.0. The minimum atomic E-state index is -0.820. The van der Waals surface area contributed by atoms with Crippen LogP contribution in [0, 0.1) is 22.7 Å². The van der Waals surface area contributed by atoms with Crippen molar-refractivity contribution >= 4 is 17.3 Å². The van der Waals surface area contributed by atoms with Crippen LogP contribution < -0.4 is 10.2 Å². The number of nitrogens with zero attached hydrogens (tertiary/aromatic N) is 2. The van der Waals surface area contributed by atoms with Gasteiger partial charge in [0, 0.05) is 25.5 Å². The normalized spacial score (nSPS) is 25.1. The van der Waals surface area contributed by atoms with Crippen molar-refractivity contribution in [3.63, 3.8) is 0 Å². The van der Waals surface area contributed by atoms with Gasteiger partial charge >= 0.3 is 0 Å². The van der Waals surface area contributed by atoms with Crippen LogP contribution in [0.1, 0.15) is 19.8 Å². The number of nitrogens with one attached hydrogen (secondary N) is 1. The Kier molecular flexibility index (Phi) is 3.48. The Morgan fingerprint density at radius 1 is 1.37 bits per heavy atom. The number of hydrogen-bond donors (Lipinski definition) is 1. The first-order chi connectivity index (χ1) is 8.97. The molecule has 1 N–H and O–H groups in total. The van der Waals surface area contributed by atoms with E-state index in [-0.39, 0.29) is 5.91 Å². The van der Waals surface area contributed by atoms with Gasteiger partial charge in [0.1, 0.15) is 5.41 Å². The Hall–Kier alpha value is -2.02. The van der Waals surface area contributed by atoms with Crippen LogP contribution in [0.3, 0.4) is 0 Å². The van der Waals surface area contributed by atoms with Crippen molar-refractivity contribution in [2.45, 2.75) is 19.8 Å². The fourth-order valence-corrected chi connectivity index (χ4v) is 2.55. The molecule has 0 heterocycles. The number of anilines is 2. The molecule has 1 aromatic carbocycles. The summed E-state index contributed by atoms with van der Waals surface area (Å²) in [6, 6.07) is 9.78. The van der Waals surface area contributed by atoms with Gasteiger partial charge in [0.15, 0.2) is 0 Å². The first-order valence-electron chi connectivity index (χ1n) is 6.47. The zero-order valence-corrected chi connectivity index (χ0v) is 11.6. The minimum Gasteiger partial charge on any atom is -0.378 e. The van der Waals surface area contributed by atoms with E-state index < -0.39 is 5.41 Å². The molecular weight excluding hydrogens is 238 g/mol. The lowest BCUT2D eigenvalue weighted by molar-refractivity contribution is -0.128. The molecule has 1 fully saturated rings. The van der Waals surface area contributed by atoms with E-state index in [0.717, 1.165) is 11.4 Å². The lowest BCUT2D eigenvalue weighted by Crippen LogP contribution is -2.45. The average molecular weight is 257 g/mol. The van der Waals surface area contributed by atoms with E-state index in [2.05, 4.69) is 18.3 Å². The molecule has 100 valence electrons. The molecule has 0 aliphatic heterocycles. The molecule has 0 unspecified atom stereocenters. The lowest BCUT2D eigenvalue weighted by atomic mass is 9.63. The molecule has 0 aromatic heterocycles. The van der Waals surface area contributed by atoms with Gasteiger partial charge in [-0.05, 0) is 43.0 Å². The van der Waals surface area contributed by atoms with Gasteiger partial charge in [-0.25, -0.2) is 0 Å². The largest absolute Gasteiger partial charge is 0.378 e. The number of amides is 1. The number of rotatable bonds is 3. The first-order valence-corrected chi connectivity index (χ1v) is 6.47. The topological polar surface area (TPSA) is 56.1 Å². The summed E-state index contributed by atoms with van der Waals surface area (Å²) in [6.07, 6.45) is 1.32. The molecule has 1 aliphatic rings. The number of carbonyl (C=O) groups is 1. The summed E-state index contributed by atoms with van der Waals surface area (Å²) < 4.78 is 0. The van der Waals surface area contributed by atoms with E-state index in [0.29, 0.717) is 18.8 Å². The summed E-state index contributed by atoms with van der Waals surface area (Å²) in [6.45, 7) is 2.06. The molecule has 0 saturated heterocycles. The molecule has 1 saturated carbocycles. The van der Waals surface area contributed by atoms with Gasteiger partial charge in [0.2, 0.25) is 5.91 Å². The second-order valence-electron chi connectivity index (χ2n) is 5.60. The summed E-state index contributed by atoms with van der Waals surface area (Å²) in [7, 11) is 3.93. The van der Waals surface area contributed by atoms with Gasteiger partial charge in [-0.1, -0.05) is 6.92 Å². The Morgan fingerprint density at radius 3 is 2.37 bits per heavy atom. The highest BCUT2D eigenvalue weighted by atomic mass is 16.2. The van der Waals surface area contributed by atoms with Crippen molar-refractivity contribution in [1.29, 1.82) is 5.26 Å². The van der Waals surface area contributed by atoms with Gasteiger partial charge in [0.05, 0.1) is 6.07 Å². The highest BCUT2D eigenvalue weighted by Crippen LogP contribution is 2.45. The van der Waals surface area contributed by atoms with E-state index in [1.165, 1.54) is 0 Å². The van der Waals surface area contributed by atoms with E-state index in [1.54, 1.807) is 0 Å². The van der Waals surface area contributed by atoms with Crippen LogP contribution in [0.15, 0.2) is 24.3 Å². The van der Waals surface area contributed by atoms with Crippen LogP contribution in [0.5, 0.6) is 0 Å². The van der Waals surface area contributed by atoms with E-state index in [9.17, 15) is 10.1 Å². The van der Waals surface area contributed by atoms with Gasteiger partial charge in [-0.3, -0.25) is 4.79 Å². The maximum atomic E-state index is 12.2. The van der Waals surface area contributed by atoms with Crippen molar-refractivity contribution in [3.05, 3.63) is 24.3 Å². The van der Waals surface area contributed by atoms with Crippen LogP contribution in [0.25, 0.3) is 0 Å². The Bertz CT molecular complexity index is 507. The van der Waals surface area contributed by atoms with E-state index >= 15 is 0 Å². The summed E-state index contributed by atoms with van der Waals surface area (Å²) >= 11 is 0. The average Bonchev–Trinajstić information content (AvgIpc) is 2.35. The highest BCUT2D eigenvalue weighted by Gasteiger charge is 2.48. The molecule has 4 heteroatoms. The molecule has 2 rings (SSSR count). The second-order valence-corrected chi connectivity index (χ2v) is 5.60. The van der Waals surface area contributed by atoms with Crippen molar-refractivity contribution in [3.8, 4) is 6.07 Å². The van der Waals surface area contributed by atoms with Gasteiger partial charge < -0.3 is 10.2 Å². The van der Waals surface area contributed by atoms with Gasteiger partial charge in [0.25, 0.3) is 0 Å². The quantitative estimate of drug-likeness (QED) is 0.905. The third-order valence-electron chi connectivity index (χ3n) is 3.68. The smallest absolute Gasteiger partial charge is 0.244 e. The fraction of sp³-hybridized carbons (Fsp3) is 0.467. The van der Waals surface area contributed by atoms with Crippen molar-refractivity contribution < 1.29 is 4.79 Å². The lowest BCUT2D eigenvalue weighted by Gasteiger charge is -2.39. The molecule has 1 amide bonds. The van der Waals surface area contributed by atoms with E-state index in [1.807, 2.05) is 43.3 Å². The van der Waals surface area contributed by atoms with Gasteiger partial charge in [-0.15, -0.1) is 0 Å². The zero-order chi connectivity index (χ0) is 14.0. The molecular formula is C15H19N3O. The summed E-state index contributed by atoms with van der Waals surface area (Å²) in [5.74, 6) is 0.284. The van der Waals surface area contributed by atoms with Crippen LogP contribution in [0.4, 0.5) is 11.4 Å². The van der Waals surface area contributed by atoms with Crippen LogP contribution in [-0.4, -0.2) is 20.0 Å². The zero-order valence-electron chi connectivity index (χ0n) is 11.6. The standard InChI is InChI=1S/C15H19N3O/c1-11-8-15(9-11,10-16)14(19)17-12-4-6-13(7-5-12)18(2)3/h4-7,11H,8-9H2,1-3H3,(H,17,19). The number of carbonyl (C=O) groups excluding carboxylic acids is 1. The number of hydrogen-bond acceptors (Lipinski definition) is 3. The van der Waals surface area contributed by atoms with Crippen molar-refractivity contribution in [1.82, 2.24) is 0 Å². The van der Waals surface area contributed by atoms with Gasteiger partial charge in [-0.2, -0.15) is 5.26 Å². The maximum Gasteiger partial charge on any atom is 0.244 e. The summed E-state index contributed by atoms with van der Waals surface area (Å²) in [5.41, 5.74) is 0.995. The minimum absolute atomic E-state index is 0.175. The number of nitriles is 1. The fourth-order valence-electron chi connectivity index (χ4n) is 2.55. The SMILES string of the molecule is CC1CC(C#N)(C(=O)Nc2ccc(N(C)C)cc2)C1. The van der Waals surface area contributed by atoms with Crippen LogP contribution >= 0.6 is 0 Å². The number of benzene rings is 1. The molecule has 1 aliphatic carbocycles. The van der Waals surface area contributed by atoms with Crippen LogP contribution in [-0.2, 0) is 4.79 Å². The van der Waals surface area contributed by atoms with Crippen molar-refractivity contribution in [2.24, 2.45) is 11.3 Å². The third kappa shape index (κ3) is 2.55. The molecule has 19 heavy (non-hydrogen) atoms. The molecule has 4 nitrogen and oxygen atoms in total. The predicted octanol–water partition coefficient (Wildman–Crippen LogP) is 2.63. The maximum absolute atomic E-state index is 12.2. The predicted molar refractivity (Wildman–Crippen MR) is 75.8 cm³/mol.